The van der Waals surface area contributed by atoms with E-state index in [1.165, 1.54) is 0 Å². The molecule has 0 aromatic heterocycles. The minimum atomic E-state index is -0.674. The summed E-state index contributed by atoms with van der Waals surface area (Å²) >= 11 is 6.26. The molecule has 2 atom stereocenters. The summed E-state index contributed by atoms with van der Waals surface area (Å²) < 4.78 is 5.16. The first-order valence-corrected chi connectivity index (χ1v) is 8.19. The Balaban J connectivity index is 1.91. The number of nitrogens with zero attached hydrogens (tertiary/aromatic N) is 1. The molecular weight excluding hydrogens is 326 g/mol. The molecule has 0 unspecified atom stereocenters. The predicted molar refractivity (Wildman–Crippen MR) is 95.2 cm³/mol. The summed E-state index contributed by atoms with van der Waals surface area (Å²) in [7, 11) is 1.62. The zero-order chi connectivity index (χ0) is 17.1. The predicted octanol–water partition coefficient (Wildman–Crippen LogP) is 4.95. The molecule has 0 amide bonds. The zero-order valence-electron chi connectivity index (χ0n) is 13.3. The number of halogens is 1. The number of hydrogen-bond donors (Lipinski definition) is 0. The summed E-state index contributed by atoms with van der Waals surface area (Å²) in [5.74, 6) is 0.575. The lowest BCUT2D eigenvalue weighted by atomic mass is 9.79. The molecule has 2 aromatic rings. The van der Waals surface area contributed by atoms with Gasteiger partial charge in [-0.1, -0.05) is 48.0 Å². The van der Waals surface area contributed by atoms with Crippen LogP contribution in [-0.2, 0) is 0 Å². The molecule has 0 heterocycles. The van der Waals surface area contributed by atoms with Crippen LogP contribution in [0.5, 0.6) is 5.75 Å². The maximum absolute atomic E-state index is 11.6. The fourth-order valence-corrected chi connectivity index (χ4v) is 3.53. The van der Waals surface area contributed by atoms with Gasteiger partial charge in [-0.05, 0) is 41.3 Å². The third-order valence-electron chi connectivity index (χ3n) is 4.55. The molecule has 1 aliphatic carbocycles. The first-order valence-electron chi connectivity index (χ1n) is 7.81. The smallest absolute Gasteiger partial charge is 0.224 e. The Morgan fingerprint density at radius 1 is 1.17 bits per heavy atom. The van der Waals surface area contributed by atoms with Crippen molar-refractivity contribution in [2.45, 2.75) is 24.8 Å². The second kappa shape index (κ2) is 7.05. The maximum Gasteiger partial charge on any atom is 0.224 e. The quantitative estimate of drug-likeness (QED) is 0.582. The Hall–Kier alpha value is -2.33. The number of hydrogen-bond acceptors (Lipinski definition) is 3. The minimum absolute atomic E-state index is 0.176. The van der Waals surface area contributed by atoms with E-state index in [4.69, 9.17) is 16.3 Å². The molecule has 0 saturated heterocycles. The Kier molecular flexibility index (Phi) is 4.86. The van der Waals surface area contributed by atoms with Crippen LogP contribution in [0.15, 0.2) is 54.6 Å². The molecule has 3 rings (SSSR count). The molecule has 24 heavy (non-hydrogen) atoms. The Morgan fingerprint density at radius 2 is 1.88 bits per heavy atom. The molecule has 1 aliphatic rings. The topological polar surface area (TPSA) is 52.4 Å². The van der Waals surface area contributed by atoms with E-state index in [9.17, 15) is 10.1 Å². The molecule has 0 saturated carbocycles. The van der Waals surface area contributed by atoms with Gasteiger partial charge >= 0.3 is 0 Å². The van der Waals surface area contributed by atoms with Crippen LogP contribution in [0.2, 0.25) is 5.02 Å². The molecule has 0 spiro atoms. The average molecular weight is 344 g/mol. The molecule has 0 bridgehead atoms. The van der Waals surface area contributed by atoms with Crippen LogP contribution in [0.25, 0.3) is 5.57 Å². The SMILES string of the molecule is COc1ccc(C2=CC[C@H](c3ccccc3Cl)[C@@H]([N+](=O)[O-])C2)cc1. The number of ether oxygens (including phenoxy) is 1. The molecule has 0 radical (unpaired) electrons. The molecular formula is C19H18ClNO3. The van der Waals surface area contributed by atoms with Gasteiger partial charge in [0.2, 0.25) is 6.04 Å². The van der Waals surface area contributed by atoms with E-state index in [-0.39, 0.29) is 10.8 Å². The highest BCUT2D eigenvalue weighted by Gasteiger charge is 2.37. The summed E-state index contributed by atoms with van der Waals surface area (Å²) in [6.45, 7) is 0. The lowest BCUT2D eigenvalue weighted by molar-refractivity contribution is -0.526. The Labute approximate surface area is 145 Å². The summed E-state index contributed by atoms with van der Waals surface area (Å²) in [4.78, 5) is 11.5. The van der Waals surface area contributed by atoms with Crippen LogP contribution in [0.4, 0.5) is 0 Å². The van der Waals surface area contributed by atoms with Crippen LogP contribution in [0.3, 0.4) is 0 Å². The van der Waals surface area contributed by atoms with E-state index in [0.29, 0.717) is 17.9 Å². The van der Waals surface area contributed by atoms with Crippen LogP contribution < -0.4 is 4.74 Å². The molecule has 2 aromatic carbocycles. The average Bonchev–Trinajstić information content (AvgIpc) is 2.62. The van der Waals surface area contributed by atoms with E-state index in [1.54, 1.807) is 13.2 Å². The number of rotatable bonds is 4. The van der Waals surface area contributed by atoms with Gasteiger partial charge in [-0.15, -0.1) is 0 Å². The minimum Gasteiger partial charge on any atom is -0.497 e. The number of nitro groups is 1. The van der Waals surface area contributed by atoms with E-state index in [0.717, 1.165) is 22.4 Å². The van der Waals surface area contributed by atoms with E-state index >= 15 is 0 Å². The molecule has 0 aliphatic heterocycles. The molecule has 124 valence electrons. The maximum atomic E-state index is 11.6. The normalized spacial score (nSPS) is 20.3. The standard InChI is InChI=1S/C19H18ClNO3/c1-24-15-9-6-13(7-10-15)14-8-11-17(19(12-14)21(22)23)16-4-2-3-5-18(16)20/h2-10,17,19H,11-12H2,1H3/t17-,19+/m1/s1. The van der Waals surface area contributed by atoms with Crippen LogP contribution >= 0.6 is 11.6 Å². The van der Waals surface area contributed by atoms with Crippen molar-refractivity contribution in [1.29, 1.82) is 0 Å². The van der Waals surface area contributed by atoms with Gasteiger partial charge in [0.05, 0.1) is 13.0 Å². The van der Waals surface area contributed by atoms with E-state index in [2.05, 4.69) is 6.08 Å². The Bertz CT molecular complexity index is 770. The molecule has 0 fully saturated rings. The van der Waals surface area contributed by atoms with Gasteiger partial charge in [0, 0.05) is 16.4 Å². The summed E-state index contributed by atoms with van der Waals surface area (Å²) in [6.07, 6.45) is 3.10. The van der Waals surface area contributed by atoms with Crippen molar-refractivity contribution in [3.8, 4) is 5.75 Å². The summed E-state index contributed by atoms with van der Waals surface area (Å²) in [6, 6.07) is 14.3. The van der Waals surface area contributed by atoms with Gasteiger partial charge in [0.25, 0.3) is 0 Å². The number of benzene rings is 2. The first kappa shape index (κ1) is 16.5. The fraction of sp³-hybridized carbons (Fsp3) is 0.263. The first-order chi connectivity index (χ1) is 11.6. The Morgan fingerprint density at radius 3 is 2.50 bits per heavy atom. The molecule has 5 heteroatoms. The third-order valence-corrected chi connectivity index (χ3v) is 4.89. The highest BCUT2D eigenvalue weighted by atomic mass is 35.5. The van der Waals surface area contributed by atoms with Gasteiger partial charge in [0.1, 0.15) is 5.75 Å². The van der Waals surface area contributed by atoms with E-state index < -0.39 is 6.04 Å². The third kappa shape index (κ3) is 3.29. The second-order valence-electron chi connectivity index (χ2n) is 5.88. The summed E-state index contributed by atoms with van der Waals surface area (Å²) in [5.41, 5.74) is 2.86. The van der Waals surface area contributed by atoms with Gasteiger partial charge in [0.15, 0.2) is 0 Å². The second-order valence-corrected chi connectivity index (χ2v) is 6.29. The van der Waals surface area contributed by atoms with Crippen LogP contribution in [0, 0.1) is 10.1 Å². The summed E-state index contributed by atoms with van der Waals surface area (Å²) in [5, 5.41) is 12.2. The lowest BCUT2D eigenvalue weighted by Crippen LogP contribution is -2.30. The van der Waals surface area contributed by atoms with Gasteiger partial charge in [-0.3, -0.25) is 10.1 Å². The van der Waals surface area contributed by atoms with Crippen LogP contribution in [0.1, 0.15) is 29.9 Å². The highest BCUT2D eigenvalue weighted by Crippen LogP contribution is 2.40. The highest BCUT2D eigenvalue weighted by molar-refractivity contribution is 6.31. The zero-order valence-corrected chi connectivity index (χ0v) is 14.1. The van der Waals surface area contributed by atoms with Crippen molar-refractivity contribution in [2.75, 3.05) is 7.11 Å². The largest absolute Gasteiger partial charge is 0.497 e. The van der Waals surface area contributed by atoms with Crippen molar-refractivity contribution >= 4 is 17.2 Å². The van der Waals surface area contributed by atoms with Crippen molar-refractivity contribution in [1.82, 2.24) is 0 Å². The lowest BCUT2D eigenvalue weighted by Gasteiger charge is -2.26. The monoisotopic (exact) mass is 343 g/mol. The van der Waals surface area contributed by atoms with Crippen LogP contribution in [-0.4, -0.2) is 18.1 Å². The van der Waals surface area contributed by atoms with Crippen molar-refractivity contribution < 1.29 is 9.66 Å². The number of methoxy groups -OCH3 is 1. The van der Waals surface area contributed by atoms with Gasteiger partial charge < -0.3 is 4.74 Å². The van der Waals surface area contributed by atoms with Crippen molar-refractivity contribution in [3.63, 3.8) is 0 Å². The van der Waals surface area contributed by atoms with Crippen molar-refractivity contribution in [2.24, 2.45) is 0 Å². The van der Waals surface area contributed by atoms with Crippen molar-refractivity contribution in [3.05, 3.63) is 80.9 Å². The molecule has 4 nitrogen and oxygen atoms in total. The van der Waals surface area contributed by atoms with Gasteiger partial charge in [-0.2, -0.15) is 0 Å². The fourth-order valence-electron chi connectivity index (χ4n) is 3.25. The number of allylic oxidation sites excluding steroid dienone is 1. The molecule has 0 N–H and O–H groups in total. The van der Waals surface area contributed by atoms with Gasteiger partial charge in [-0.25, -0.2) is 0 Å². The van der Waals surface area contributed by atoms with E-state index in [1.807, 2.05) is 42.5 Å².